The molecule has 0 bridgehead atoms. The van der Waals surface area contributed by atoms with Crippen LogP contribution >= 0.6 is 11.6 Å². The number of carboxylic acid groups (broad SMARTS) is 1. The number of rotatable bonds is 5. The van der Waals surface area contributed by atoms with Crippen molar-refractivity contribution in [3.05, 3.63) is 28.8 Å². The second-order valence-electron chi connectivity index (χ2n) is 3.63. The van der Waals surface area contributed by atoms with Gasteiger partial charge in [0.05, 0.1) is 11.6 Å². The molecule has 1 aromatic carbocycles. The molecule has 5 nitrogen and oxygen atoms in total. The molecule has 0 heterocycles. The Bertz CT molecular complexity index is 461. The van der Waals surface area contributed by atoms with Crippen molar-refractivity contribution >= 4 is 23.5 Å². The zero-order valence-electron chi connectivity index (χ0n) is 10.1. The molecular formula is C12H14ClNO4. The maximum Gasteiger partial charge on any atom is 0.323 e. The standard InChI is InChI=1S/C12H14ClNO4/c1-3-18-10-5-4-8(6-9(10)13)12(17)14(2)7-11(15)16/h4-6H,3,7H2,1-2H3,(H,15,16). The number of likely N-dealkylation sites (N-methyl/N-ethyl adjacent to an activating group) is 1. The SMILES string of the molecule is CCOc1ccc(C(=O)N(C)CC(=O)O)cc1Cl. The summed E-state index contributed by atoms with van der Waals surface area (Å²) in [6.45, 7) is 1.95. The van der Waals surface area contributed by atoms with Crippen molar-refractivity contribution in [1.82, 2.24) is 4.90 Å². The lowest BCUT2D eigenvalue weighted by molar-refractivity contribution is -0.137. The van der Waals surface area contributed by atoms with Gasteiger partial charge in [-0.05, 0) is 25.1 Å². The number of amides is 1. The summed E-state index contributed by atoms with van der Waals surface area (Å²) in [5.41, 5.74) is 0.326. The fourth-order valence-corrected chi connectivity index (χ4v) is 1.64. The second-order valence-corrected chi connectivity index (χ2v) is 4.04. The van der Waals surface area contributed by atoms with E-state index in [-0.39, 0.29) is 6.54 Å². The zero-order chi connectivity index (χ0) is 13.7. The fraction of sp³-hybridized carbons (Fsp3) is 0.333. The van der Waals surface area contributed by atoms with Crippen molar-refractivity contribution in [1.29, 1.82) is 0 Å². The van der Waals surface area contributed by atoms with Gasteiger partial charge in [-0.15, -0.1) is 0 Å². The lowest BCUT2D eigenvalue weighted by Crippen LogP contribution is -2.31. The van der Waals surface area contributed by atoms with Gasteiger partial charge in [0.1, 0.15) is 12.3 Å². The molecule has 0 saturated heterocycles. The number of ether oxygens (including phenoxy) is 1. The quantitative estimate of drug-likeness (QED) is 0.888. The number of carbonyl (C=O) groups excluding carboxylic acids is 1. The van der Waals surface area contributed by atoms with Crippen LogP contribution in [0.4, 0.5) is 0 Å². The van der Waals surface area contributed by atoms with Crippen LogP contribution in [0, 0.1) is 0 Å². The van der Waals surface area contributed by atoms with E-state index in [1.165, 1.54) is 13.1 Å². The molecule has 0 aromatic heterocycles. The van der Waals surface area contributed by atoms with Crippen LogP contribution in [0.15, 0.2) is 18.2 Å². The van der Waals surface area contributed by atoms with E-state index in [0.29, 0.717) is 22.9 Å². The predicted molar refractivity (Wildman–Crippen MR) is 67.2 cm³/mol. The molecule has 1 amide bonds. The Labute approximate surface area is 110 Å². The van der Waals surface area contributed by atoms with E-state index < -0.39 is 11.9 Å². The molecule has 1 rings (SSSR count). The van der Waals surface area contributed by atoms with Crippen LogP contribution in [0.5, 0.6) is 5.75 Å². The molecule has 0 aliphatic carbocycles. The summed E-state index contributed by atoms with van der Waals surface area (Å²) >= 11 is 5.95. The molecule has 0 aliphatic rings. The highest BCUT2D eigenvalue weighted by Gasteiger charge is 2.15. The summed E-state index contributed by atoms with van der Waals surface area (Å²) in [6, 6.07) is 4.61. The Hall–Kier alpha value is -1.75. The summed E-state index contributed by atoms with van der Waals surface area (Å²) < 4.78 is 5.25. The van der Waals surface area contributed by atoms with E-state index in [0.717, 1.165) is 4.90 Å². The second kappa shape index (κ2) is 6.26. The van der Waals surface area contributed by atoms with Gasteiger partial charge in [0, 0.05) is 12.6 Å². The van der Waals surface area contributed by atoms with Crippen molar-refractivity contribution in [2.24, 2.45) is 0 Å². The maximum atomic E-state index is 11.9. The van der Waals surface area contributed by atoms with E-state index >= 15 is 0 Å². The number of aliphatic carboxylic acids is 1. The first-order valence-corrected chi connectivity index (χ1v) is 5.73. The summed E-state index contributed by atoms with van der Waals surface area (Å²) in [7, 11) is 1.42. The summed E-state index contributed by atoms with van der Waals surface area (Å²) in [4.78, 5) is 23.5. The largest absolute Gasteiger partial charge is 0.492 e. The average Bonchev–Trinajstić information content (AvgIpc) is 2.30. The number of carboxylic acids is 1. The highest BCUT2D eigenvalue weighted by molar-refractivity contribution is 6.32. The number of nitrogens with zero attached hydrogens (tertiary/aromatic N) is 1. The minimum atomic E-state index is -1.07. The van der Waals surface area contributed by atoms with Crippen LogP contribution in [-0.2, 0) is 4.79 Å². The van der Waals surface area contributed by atoms with Crippen LogP contribution in [-0.4, -0.2) is 42.1 Å². The van der Waals surface area contributed by atoms with Gasteiger partial charge in [-0.25, -0.2) is 0 Å². The molecule has 18 heavy (non-hydrogen) atoms. The zero-order valence-corrected chi connectivity index (χ0v) is 10.9. The summed E-state index contributed by atoms with van der Waals surface area (Å²) in [6.07, 6.45) is 0. The first-order valence-electron chi connectivity index (χ1n) is 5.35. The topological polar surface area (TPSA) is 66.8 Å². The number of benzene rings is 1. The van der Waals surface area contributed by atoms with Crippen molar-refractivity contribution in [3.8, 4) is 5.75 Å². The van der Waals surface area contributed by atoms with Crippen LogP contribution in [0.3, 0.4) is 0 Å². The molecule has 0 radical (unpaired) electrons. The third-order valence-corrected chi connectivity index (χ3v) is 2.49. The Balaban J connectivity index is 2.87. The third kappa shape index (κ3) is 3.63. The lowest BCUT2D eigenvalue weighted by Gasteiger charge is -2.15. The Kier molecular flexibility index (Phi) is 4.97. The Morgan fingerprint density at radius 2 is 2.11 bits per heavy atom. The molecule has 1 aromatic rings. The fourth-order valence-electron chi connectivity index (χ4n) is 1.40. The molecule has 98 valence electrons. The van der Waals surface area contributed by atoms with E-state index in [9.17, 15) is 9.59 Å². The van der Waals surface area contributed by atoms with Gasteiger partial charge in [-0.3, -0.25) is 9.59 Å². The lowest BCUT2D eigenvalue weighted by atomic mass is 10.2. The van der Waals surface area contributed by atoms with Gasteiger partial charge in [-0.1, -0.05) is 11.6 Å². The number of hydrogen-bond acceptors (Lipinski definition) is 3. The van der Waals surface area contributed by atoms with E-state index in [1.54, 1.807) is 12.1 Å². The highest BCUT2D eigenvalue weighted by Crippen LogP contribution is 2.25. The van der Waals surface area contributed by atoms with Crippen molar-refractivity contribution in [3.63, 3.8) is 0 Å². The van der Waals surface area contributed by atoms with Gasteiger partial charge in [0.2, 0.25) is 0 Å². The minimum absolute atomic E-state index is 0.325. The van der Waals surface area contributed by atoms with Crippen molar-refractivity contribution < 1.29 is 19.4 Å². The first-order chi connectivity index (χ1) is 8.45. The normalized spacial score (nSPS) is 9.94. The molecule has 0 fully saturated rings. The average molecular weight is 272 g/mol. The summed E-state index contributed by atoms with van der Waals surface area (Å²) in [5.74, 6) is -0.971. The molecule has 0 spiro atoms. The van der Waals surface area contributed by atoms with Crippen molar-refractivity contribution in [2.45, 2.75) is 6.92 Å². The molecule has 0 unspecified atom stereocenters. The number of halogens is 1. The smallest absolute Gasteiger partial charge is 0.323 e. The van der Waals surface area contributed by atoms with Gasteiger partial charge >= 0.3 is 5.97 Å². The van der Waals surface area contributed by atoms with Crippen LogP contribution in [0.2, 0.25) is 5.02 Å². The van der Waals surface area contributed by atoms with Crippen LogP contribution in [0.25, 0.3) is 0 Å². The molecule has 0 atom stereocenters. The highest BCUT2D eigenvalue weighted by atomic mass is 35.5. The molecule has 0 saturated carbocycles. The van der Waals surface area contributed by atoms with Gasteiger partial charge in [-0.2, -0.15) is 0 Å². The van der Waals surface area contributed by atoms with E-state index in [4.69, 9.17) is 21.4 Å². The predicted octanol–water partition coefficient (Wildman–Crippen LogP) is 1.90. The third-order valence-electron chi connectivity index (χ3n) is 2.20. The Morgan fingerprint density at radius 3 is 2.61 bits per heavy atom. The number of carbonyl (C=O) groups is 2. The van der Waals surface area contributed by atoms with E-state index in [1.807, 2.05) is 6.92 Å². The molecule has 1 N–H and O–H groups in total. The van der Waals surface area contributed by atoms with Crippen LogP contribution in [0.1, 0.15) is 17.3 Å². The monoisotopic (exact) mass is 271 g/mol. The van der Waals surface area contributed by atoms with E-state index in [2.05, 4.69) is 0 Å². The molecule has 6 heteroatoms. The van der Waals surface area contributed by atoms with Crippen molar-refractivity contribution in [2.75, 3.05) is 20.2 Å². The molecular weight excluding hydrogens is 258 g/mol. The minimum Gasteiger partial charge on any atom is -0.492 e. The number of hydrogen-bond donors (Lipinski definition) is 1. The summed E-state index contributed by atoms with van der Waals surface area (Å²) in [5, 5.41) is 8.93. The maximum absolute atomic E-state index is 11.9. The molecule has 0 aliphatic heterocycles. The van der Waals surface area contributed by atoms with Crippen LogP contribution < -0.4 is 4.74 Å². The Morgan fingerprint density at radius 1 is 1.44 bits per heavy atom. The van der Waals surface area contributed by atoms with Gasteiger partial charge < -0.3 is 14.7 Å². The van der Waals surface area contributed by atoms with Gasteiger partial charge in [0.25, 0.3) is 5.91 Å². The van der Waals surface area contributed by atoms with Gasteiger partial charge in [0.15, 0.2) is 0 Å². The first kappa shape index (κ1) is 14.3.